The van der Waals surface area contributed by atoms with E-state index < -0.39 is 0 Å². The lowest BCUT2D eigenvalue weighted by Crippen LogP contribution is -2.44. The van der Waals surface area contributed by atoms with Gasteiger partial charge in [-0.15, -0.1) is 0 Å². The third kappa shape index (κ3) is 3.17. The highest BCUT2D eigenvalue weighted by molar-refractivity contribution is 6.38. The van der Waals surface area contributed by atoms with Crippen LogP contribution >= 0.6 is 0 Å². The summed E-state index contributed by atoms with van der Waals surface area (Å²) in [7, 11) is 5.20. The number of aliphatic imine (C=N–C) groups is 2. The number of amidine groups is 1. The van der Waals surface area contributed by atoms with Crippen LogP contribution < -0.4 is 29.0 Å². The number of anilines is 2. The summed E-state index contributed by atoms with van der Waals surface area (Å²) < 4.78 is 16.5. The Morgan fingerprint density at radius 2 is 2.03 bits per heavy atom. The summed E-state index contributed by atoms with van der Waals surface area (Å²) in [5, 5.41) is 8.10. The van der Waals surface area contributed by atoms with Crippen LogP contribution in [0.1, 0.15) is 0 Å². The lowest BCUT2D eigenvalue weighted by atomic mass is 10.2. The van der Waals surface area contributed by atoms with E-state index in [2.05, 4.69) is 25.2 Å². The second-order valence-electron chi connectivity index (χ2n) is 7.14. The molecule has 0 spiro atoms. The molecule has 1 atom stereocenters. The van der Waals surface area contributed by atoms with E-state index in [0.717, 1.165) is 29.5 Å². The van der Waals surface area contributed by atoms with Gasteiger partial charge in [0.2, 0.25) is 0 Å². The van der Waals surface area contributed by atoms with Crippen LogP contribution in [0.5, 0.6) is 17.2 Å². The number of benzene rings is 1. The molecule has 10 heteroatoms. The number of nitrogens with one attached hydrogen (secondary N) is 1. The van der Waals surface area contributed by atoms with E-state index in [1.165, 1.54) is 0 Å². The molecule has 3 aliphatic heterocycles. The van der Waals surface area contributed by atoms with Gasteiger partial charge >= 0.3 is 0 Å². The Morgan fingerprint density at radius 3 is 2.87 bits per heavy atom. The molecule has 0 bridgehead atoms. The van der Waals surface area contributed by atoms with E-state index in [9.17, 15) is 0 Å². The molecule has 0 saturated carbocycles. The first kappa shape index (κ1) is 19.1. The summed E-state index contributed by atoms with van der Waals surface area (Å²) >= 11 is 0. The van der Waals surface area contributed by atoms with Gasteiger partial charge in [0.05, 0.1) is 39.2 Å². The number of fused-ring (bicyclic) bond motifs is 2. The minimum atomic E-state index is 0.0203. The molecule has 0 saturated heterocycles. The standard InChI is InChI=1S/C21H22N7O3/c1-27-7-9-31-18-11-15(12-23-20(18)27)28-8-6-22-13-19(28)25-21(26-28)24-14-4-5-16(29-2)17(10-14)30-3/h4-6,8,10-13H,7,9H2,1-3H3,(H,24,26)/q+1. The first-order valence-electron chi connectivity index (χ1n) is 9.76. The van der Waals surface area contributed by atoms with Gasteiger partial charge in [0.25, 0.3) is 11.8 Å². The van der Waals surface area contributed by atoms with E-state index in [4.69, 9.17) is 19.3 Å². The predicted molar refractivity (Wildman–Crippen MR) is 120 cm³/mol. The molecule has 0 radical (unpaired) electrons. The fraction of sp³-hybridized carbons (Fsp3) is 0.238. The highest BCUT2D eigenvalue weighted by atomic mass is 16.5. The number of nitrogens with zero attached hydrogens (tertiary/aromatic N) is 6. The number of hydrogen-bond acceptors (Lipinski definition) is 9. The monoisotopic (exact) mass is 420 g/mol. The number of aromatic nitrogens is 1. The molecule has 4 heterocycles. The van der Waals surface area contributed by atoms with Crippen LogP contribution in [0, 0.1) is 0 Å². The Labute approximate surface area is 179 Å². The molecule has 1 aromatic carbocycles. The van der Waals surface area contributed by atoms with Crippen LogP contribution in [0.25, 0.3) is 0 Å². The van der Waals surface area contributed by atoms with Crippen molar-refractivity contribution in [1.82, 2.24) is 9.58 Å². The minimum absolute atomic E-state index is 0.0203. The molecule has 3 aliphatic rings. The van der Waals surface area contributed by atoms with Crippen molar-refractivity contribution in [3.8, 4) is 17.2 Å². The van der Waals surface area contributed by atoms with Gasteiger partial charge in [0.1, 0.15) is 12.8 Å². The Bertz CT molecular complexity index is 1160. The normalized spacial score (nSPS) is 20.9. The Morgan fingerprint density at radius 1 is 1.16 bits per heavy atom. The molecule has 1 N–H and O–H groups in total. The zero-order valence-electron chi connectivity index (χ0n) is 17.4. The van der Waals surface area contributed by atoms with Gasteiger partial charge in [-0.3, -0.25) is 4.99 Å². The fourth-order valence-corrected chi connectivity index (χ4v) is 3.66. The van der Waals surface area contributed by atoms with E-state index >= 15 is 0 Å². The van der Waals surface area contributed by atoms with Crippen LogP contribution in [0.4, 0.5) is 17.2 Å². The molecule has 1 unspecified atom stereocenters. The van der Waals surface area contributed by atoms with Gasteiger partial charge in [-0.05, 0) is 17.2 Å². The van der Waals surface area contributed by atoms with Crippen LogP contribution in [0.15, 0.2) is 57.9 Å². The summed E-state index contributed by atoms with van der Waals surface area (Å²) in [5.41, 5.74) is 1.58. The maximum absolute atomic E-state index is 5.84. The zero-order chi connectivity index (χ0) is 21.4. The lowest BCUT2D eigenvalue weighted by molar-refractivity contribution is 0.308. The van der Waals surface area contributed by atoms with Crippen LogP contribution in [0.3, 0.4) is 0 Å². The number of quaternary nitrogens is 1. The van der Waals surface area contributed by atoms with E-state index in [0.29, 0.717) is 29.9 Å². The molecule has 0 amide bonds. The zero-order valence-corrected chi connectivity index (χ0v) is 17.4. The minimum Gasteiger partial charge on any atom is -0.493 e. The summed E-state index contributed by atoms with van der Waals surface area (Å²) in [6, 6.07) is 7.49. The number of ether oxygens (including phenoxy) is 3. The van der Waals surface area contributed by atoms with Gasteiger partial charge in [0.15, 0.2) is 35.0 Å². The summed E-state index contributed by atoms with van der Waals surface area (Å²) in [4.78, 5) is 15.6. The smallest absolute Gasteiger partial charge is 0.287 e. The van der Waals surface area contributed by atoms with Crippen molar-refractivity contribution < 1.29 is 14.2 Å². The maximum atomic E-state index is 5.84. The largest absolute Gasteiger partial charge is 0.493 e. The number of rotatable bonds is 4. The molecule has 10 nitrogen and oxygen atoms in total. The number of methoxy groups -OCH3 is 2. The van der Waals surface area contributed by atoms with Gasteiger partial charge in [-0.2, -0.15) is 4.99 Å². The number of pyridine rings is 1. The molecule has 1 aromatic heterocycles. The predicted octanol–water partition coefficient (Wildman–Crippen LogP) is 2.59. The van der Waals surface area contributed by atoms with Crippen LogP contribution in [-0.4, -0.2) is 57.4 Å². The number of guanidine groups is 1. The van der Waals surface area contributed by atoms with E-state index in [-0.39, 0.29) is 4.59 Å². The summed E-state index contributed by atoms with van der Waals surface area (Å²) in [6.07, 6.45) is 7.05. The molecule has 5 rings (SSSR count). The Balaban J connectivity index is 1.51. The Kier molecular flexibility index (Phi) is 4.55. The quantitative estimate of drug-likeness (QED) is 0.765. The van der Waals surface area contributed by atoms with E-state index in [1.807, 2.05) is 37.5 Å². The molecule has 158 valence electrons. The molecule has 0 fully saturated rings. The fourth-order valence-electron chi connectivity index (χ4n) is 3.66. The van der Waals surface area contributed by atoms with Crippen molar-refractivity contribution in [2.24, 2.45) is 15.1 Å². The van der Waals surface area contributed by atoms with Gasteiger partial charge in [-0.1, -0.05) is 4.59 Å². The van der Waals surface area contributed by atoms with Crippen LogP contribution in [0.2, 0.25) is 0 Å². The lowest BCUT2D eigenvalue weighted by Gasteiger charge is -2.28. The third-order valence-electron chi connectivity index (χ3n) is 5.28. The SMILES string of the molecule is COc1ccc(NC2=N[N+]3(c4cnc5c(c4)OCCN5C)C=CN=CC3=N2)cc1OC. The molecule has 31 heavy (non-hydrogen) atoms. The Hall–Kier alpha value is -3.92. The number of hydrogen-bond donors (Lipinski definition) is 1. The van der Waals surface area contributed by atoms with Crippen molar-refractivity contribution in [3.63, 3.8) is 0 Å². The summed E-state index contributed by atoms with van der Waals surface area (Å²) in [6.45, 7) is 1.42. The first-order chi connectivity index (χ1) is 15.1. The van der Waals surface area contributed by atoms with Gasteiger partial charge < -0.3 is 24.4 Å². The first-order valence-corrected chi connectivity index (χ1v) is 9.76. The van der Waals surface area contributed by atoms with E-state index in [1.54, 1.807) is 32.8 Å². The molecule has 0 aliphatic carbocycles. The molecular weight excluding hydrogens is 398 g/mol. The van der Waals surface area contributed by atoms with Gasteiger partial charge in [0, 0.05) is 18.8 Å². The average molecular weight is 420 g/mol. The maximum Gasteiger partial charge on any atom is 0.287 e. The van der Waals surface area contributed by atoms with Crippen molar-refractivity contribution >= 4 is 35.2 Å². The second-order valence-corrected chi connectivity index (χ2v) is 7.14. The van der Waals surface area contributed by atoms with Crippen molar-refractivity contribution in [2.75, 3.05) is 44.6 Å². The van der Waals surface area contributed by atoms with Crippen molar-refractivity contribution in [3.05, 3.63) is 42.9 Å². The second kappa shape index (κ2) is 7.40. The van der Waals surface area contributed by atoms with Crippen LogP contribution in [-0.2, 0) is 0 Å². The van der Waals surface area contributed by atoms with Gasteiger partial charge in [-0.25, -0.2) is 4.98 Å². The molecular formula is C21H22N7O3+. The number of likely N-dealkylation sites (N-methyl/N-ethyl adjacent to an activating group) is 1. The van der Waals surface area contributed by atoms with Crippen molar-refractivity contribution in [2.45, 2.75) is 0 Å². The molecule has 2 aromatic rings. The summed E-state index contributed by atoms with van der Waals surface area (Å²) in [5.74, 6) is 3.89. The third-order valence-corrected chi connectivity index (χ3v) is 5.28. The highest BCUT2D eigenvalue weighted by Gasteiger charge is 2.44. The topological polar surface area (TPSA) is 92.9 Å². The highest BCUT2D eigenvalue weighted by Crippen LogP contribution is 2.38. The van der Waals surface area contributed by atoms with Crippen molar-refractivity contribution in [1.29, 1.82) is 0 Å². The average Bonchev–Trinajstić information content (AvgIpc) is 3.18.